The van der Waals surface area contributed by atoms with Crippen LogP contribution in [0.5, 0.6) is 0 Å². The number of nitrogens with one attached hydrogen (secondary N) is 1. The zero-order valence-electron chi connectivity index (χ0n) is 7.63. The summed E-state index contributed by atoms with van der Waals surface area (Å²) in [4.78, 5) is 8.25. The number of hydrogen-bond donors (Lipinski definition) is 1. The van der Waals surface area contributed by atoms with Crippen LogP contribution in [0.4, 0.5) is 0 Å². The molecule has 0 amide bonds. The van der Waals surface area contributed by atoms with Crippen molar-refractivity contribution in [2.75, 3.05) is 14.1 Å². The Morgan fingerprint density at radius 3 is 2.83 bits per heavy atom. The minimum Gasteiger partial charge on any atom is -0.372 e. The van der Waals surface area contributed by atoms with Crippen molar-refractivity contribution in [2.45, 2.75) is 6.92 Å². The first-order valence-electron chi connectivity index (χ1n) is 3.85. The number of hydrogen-bond acceptors (Lipinski definition) is 2. The Kier molecular flexibility index (Phi) is 2.80. The first-order valence-corrected chi connectivity index (χ1v) is 3.85. The fourth-order valence-corrected chi connectivity index (χ4v) is 1.02. The first-order chi connectivity index (χ1) is 5.77. The summed E-state index contributed by atoms with van der Waals surface area (Å²) < 4.78 is 0. The van der Waals surface area contributed by atoms with Crippen LogP contribution in [0, 0.1) is 6.92 Å². The van der Waals surface area contributed by atoms with Gasteiger partial charge in [0.15, 0.2) is 0 Å². The molecule has 1 heterocycles. The molecule has 12 heavy (non-hydrogen) atoms. The van der Waals surface area contributed by atoms with E-state index in [2.05, 4.69) is 15.3 Å². The van der Waals surface area contributed by atoms with Crippen molar-refractivity contribution < 1.29 is 0 Å². The molecule has 0 unspecified atom stereocenters. The van der Waals surface area contributed by atoms with Gasteiger partial charge in [-0.2, -0.15) is 0 Å². The molecule has 0 saturated heterocycles. The van der Waals surface area contributed by atoms with Gasteiger partial charge in [-0.05, 0) is 24.6 Å². The average Bonchev–Trinajstić information content (AvgIpc) is 2.07. The quantitative estimate of drug-likeness (QED) is 0.495. The lowest BCUT2D eigenvalue weighted by atomic mass is 10.2. The summed E-state index contributed by atoms with van der Waals surface area (Å²) in [5.41, 5.74) is 2.08. The van der Waals surface area contributed by atoms with Gasteiger partial charge < -0.3 is 5.32 Å². The topological polar surface area (TPSA) is 37.3 Å². The average molecular weight is 163 g/mol. The van der Waals surface area contributed by atoms with E-state index in [1.165, 1.54) is 5.56 Å². The van der Waals surface area contributed by atoms with Crippen LogP contribution in [-0.4, -0.2) is 24.9 Å². The highest BCUT2D eigenvalue weighted by Crippen LogP contribution is 1.99. The fraction of sp³-hybridized carbons (Fsp3) is 0.333. The number of pyridine rings is 1. The van der Waals surface area contributed by atoms with Crippen molar-refractivity contribution in [3.05, 3.63) is 29.6 Å². The van der Waals surface area contributed by atoms with E-state index in [0.29, 0.717) is 0 Å². The molecule has 0 aliphatic heterocycles. The SMILES string of the molecule is CN=C(NC)c1cc(C)ccn1. The number of aryl methyl sites for hydroxylation is 1. The third-order valence-electron chi connectivity index (χ3n) is 1.62. The maximum atomic E-state index is 4.19. The van der Waals surface area contributed by atoms with Gasteiger partial charge >= 0.3 is 0 Å². The standard InChI is InChI=1S/C9H13N3/c1-7-4-5-12-8(6-7)9(10-2)11-3/h4-6H,1-3H3,(H,10,11). The van der Waals surface area contributed by atoms with Gasteiger partial charge in [0.1, 0.15) is 11.5 Å². The van der Waals surface area contributed by atoms with Crippen molar-refractivity contribution in [3.8, 4) is 0 Å². The van der Waals surface area contributed by atoms with E-state index < -0.39 is 0 Å². The molecule has 0 aliphatic rings. The molecular weight excluding hydrogens is 150 g/mol. The van der Waals surface area contributed by atoms with Crippen molar-refractivity contribution in [2.24, 2.45) is 4.99 Å². The molecule has 0 atom stereocenters. The third-order valence-corrected chi connectivity index (χ3v) is 1.62. The number of aromatic nitrogens is 1. The summed E-state index contributed by atoms with van der Waals surface area (Å²) in [6.45, 7) is 2.04. The Hall–Kier alpha value is -1.38. The van der Waals surface area contributed by atoms with Crippen LogP contribution >= 0.6 is 0 Å². The van der Waals surface area contributed by atoms with Crippen LogP contribution in [0.25, 0.3) is 0 Å². The summed E-state index contributed by atoms with van der Waals surface area (Å²) in [6.07, 6.45) is 1.78. The molecule has 0 aliphatic carbocycles. The van der Waals surface area contributed by atoms with Crippen LogP contribution in [0.15, 0.2) is 23.3 Å². The minimum atomic E-state index is 0.818. The molecule has 1 rings (SSSR count). The Balaban J connectivity index is 3.02. The number of amidine groups is 1. The van der Waals surface area contributed by atoms with Crippen LogP contribution in [0.1, 0.15) is 11.3 Å². The summed E-state index contributed by atoms with van der Waals surface area (Å²) in [5, 5.41) is 2.98. The molecule has 0 fully saturated rings. The Bertz CT molecular complexity index is 292. The molecule has 1 aromatic heterocycles. The molecule has 3 nitrogen and oxygen atoms in total. The van der Waals surface area contributed by atoms with Gasteiger partial charge in [0, 0.05) is 20.3 Å². The van der Waals surface area contributed by atoms with Crippen molar-refractivity contribution >= 4 is 5.84 Å². The van der Waals surface area contributed by atoms with E-state index in [0.717, 1.165) is 11.5 Å². The van der Waals surface area contributed by atoms with Crippen LogP contribution in [0.2, 0.25) is 0 Å². The lowest BCUT2D eigenvalue weighted by Crippen LogP contribution is -2.20. The second-order valence-electron chi connectivity index (χ2n) is 2.54. The Morgan fingerprint density at radius 2 is 2.33 bits per heavy atom. The largest absolute Gasteiger partial charge is 0.372 e. The predicted molar refractivity (Wildman–Crippen MR) is 50.5 cm³/mol. The predicted octanol–water partition coefficient (Wildman–Crippen LogP) is 0.986. The van der Waals surface area contributed by atoms with E-state index in [1.54, 1.807) is 13.2 Å². The second-order valence-corrected chi connectivity index (χ2v) is 2.54. The van der Waals surface area contributed by atoms with Gasteiger partial charge in [-0.1, -0.05) is 0 Å². The van der Waals surface area contributed by atoms with Gasteiger partial charge in [0.05, 0.1) is 0 Å². The highest BCUT2D eigenvalue weighted by Gasteiger charge is 1.99. The fourth-order valence-electron chi connectivity index (χ4n) is 1.02. The van der Waals surface area contributed by atoms with Gasteiger partial charge in [-0.25, -0.2) is 0 Å². The zero-order chi connectivity index (χ0) is 8.97. The van der Waals surface area contributed by atoms with Crippen LogP contribution in [0.3, 0.4) is 0 Å². The molecule has 1 aromatic rings. The van der Waals surface area contributed by atoms with Crippen LogP contribution in [-0.2, 0) is 0 Å². The van der Waals surface area contributed by atoms with E-state index in [9.17, 15) is 0 Å². The van der Waals surface area contributed by atoms with Gasteiger partial charge in [0.2, 0.25) is 0 Å². The summed E-state index contributed by atoms with van der Waals surface area (Å²) in [5.74, 6) is 0.818. The van der Waals surface area contributed by atoms with E-state index in [1.807, 2.05) is 26.1 Å². The molecule has 0 radical (unpaired) electrons. The normalized spacial score (nSPS) is 11.4. The van der Waals surface area contributed by atoms with Crippen molar-refractivity contribution in [1.29, 1.82) is 0 Å². The Morgan fingerprint density at radius 1 is 1.58 bits per heavy atom. The highest BCUT2D eigenvalue weighted by molar-refractivity contribution is 5.96. The third kappa shape index (κ3) is 1.81. The Labute approximate surface area is 72.6 Å². The van der Waals surface area contributed by atoms with E-state index in [-0.39, 0.29) is 0 Å². The molecule has 3 heteroatoms. The first kappa shape index (κ1) is 8.71. The lowest BCUT2D eigenvalue weighted by molar-refractivity contribution is 1.11. The number of nitrogens with zero attached hydrogens (tertiary/aromatic N) is 2. The molecule has 0 bridgehead atoms. The summed E-state index contributed by atoms with van der Waals surface area (Å²) in [7, 11) is 3.59. The minimum absolute atomic E-state index is 0.818. The molecule has 0 aromatic carbocycles. The van der Waals surface area contributed by atoms with Crippen LogP contribution < -0.4 is 5.32 Å². The monoisotopic (exact) mass is 163 g/mol. The van der Waals surface area contributed by atoms with Gasteiger partial charge in [0.25, 0.3) is 0 Å². The van der Waals surface area contributed by atoms with E-state index >= 15 is 0 Å². The summed E-state index contributed by atoms with van der Waals surface area (Å²) >= 11 is 0. The smallest absolute Gasteiger partial charge is 0.146 e. The molecule has 64 valence electrons. The number of aliphatic imine (C=N–C) groups is 1. The second kappa shape index (κ2) is 3.85. The zero-order valence-corrected chi connectivity index (χ0v) is 7.63. The maximum Gasteiger partial charge on any atom is 0.146 e. The lowest BCUT2D eigenvalue weighted by Gasteiger charge is -2.03. The van der Waals surface area contributed by atoms with E-state index in [4.69, 9.17) is 0 Å². The van der Waals surface area contributed by atoms with Crippen molar-refractivity contribution in [1.82, 2.24) is 10.3 Å². The number of rotatable bonds is 1. The molecular formula is C9H13N3. The molecule has 1 N–H and O–H groups in total. The highest BCUT2D eigenvalue weighted by atomic mass is 15.0. The van der Waals surface area contributed by atoms with Crippen molar-refractivity contribution in [3.63, 3.8) is 0 Å². The maximum absolute atomic E-state index is 4.19. The van der Waals surface area contributed by atoms with Gasteiger partial charge in [-0.15, -0.1) is 0 Å². The summed E-state index contributed by atoms with van der Waals surface area (Å²) in [6, 6.07) is 3.96. The van der Waals surface area contributed by atoms with Gasteiger partial charge in [-0.3, -0.25) is 9.98 Å². The molecule has 0 spiro atoms. The molecule has 0 saturated carbocycles.